The Balaban J connectivity index is 2.38. The van der Waals surface area contributed by atoms with Crippen molar-refractivity contribution in [2.45, 2.75) is 24.3 Å². The summed E-state index contributed by atoms with van der Waals surface area (Å²) >= 11 is 0. The van der Waals surface area contributed by atoms with Crippen LogP contribution < -0.4 is 15.2 Å². The molecule has 0 aliphatic carbocycles. The number of nitriles is 1. The Morgan fingerprint density at radius 1 is 1.32 bits per heavy atom. The molecule has 0 amide bonds. The van der Waals surface area contributed by atoms with E-state index < -0.39 is 16.1 Å². The highest BCUT2D eigenvalue weighted by atomic mass is 32.2. The van der Waals surface area contributed by atoms with E-state index in [0.717, 1.165) is 0 Å². The molecule has 2 rings (SSSR count). The van der Waals surface area contributed by atoms with Gasteiger partial charge < -0.3 is 15.6 Å². The van der Waals surface area contributed by atoms with Gasteiger partial charge in [0, 0.05) is 5.69 Å². The highest BCUT2D eigenvalue weighted by Crippen LogP contribution is 2.30. The Hall–Kier alpha value is -2.76. The zero-order valence-corrected chi connectivity index (χ0v) is 14.5. The molecule has 0 fully saturated rings. The first-order valence-electron chi connectivity index (χ1n) is 7.59. The molecule has 0 aromatic heterocycles. The van der Waals surface area contributed by atoms with Crippen LogP contribution in [0.15, 0.2) is 47.4 Å². The smallest absolute Gasteiger partial charge is 0.262 e. The zero-order valence-electron chi connectivity index (χ0n) is 13.6. The van der Waals surface area contributed by atoms with Crippen LogP contribution in [0.25, 0.3) is 0 Å². The van der Waals surface area contributed by atoms with E-state index in [2.05, 4.69) is 4.72 Å². The SMILES string of the molecule is CCC(CO)Oc1ccc(N)cc1NS(=O)(=O)c1cccc(C#N)c1. The number of rotatable bonds is 7. The summed E-state index contributed by atoms with van der Waals surface area (Å²) in [4.78, 5) is -0.0471. The first-order chi connectivity index (χ1) is 11.9. The molecule has 4 N–H and O–H groups in total. The molecule has 0 saturated heterocycles. The molecule has 8 heteroatoms. The summed E-state index contributed by atoms with van der Waals surface area (Å²) in [7, 11) is -3.93. The van der Waals surface area contributed by atoms with Gasteiger partial charge in [-0.1, -0.05) is 13.0 Å². The van der Waals surface area contributed by atoms with Crippen molar-refractivity contribution in [3.63, 3.8) is 0 Å². The summed E-state index contributed by atoms with van der Waals surface area (Å²) in [5.74, 6) is 0.259. The second-order valence-corrected chi connectivity index (χ2v) is 7.01. The summed E-state index contributed by atoms with van der Waals surface area (Å²) in [5, 5.41) is 18.2. The number of nitrogens with zero attached hydrogens (tertiary/aromatic N) is 1. The summed E-state index contributed by atoms with van der Waals surface area (Å²) in [6.07, 6.45) is 0.0888. The molecule has 1 atom stereocenters. The van der Waals surface area contributed by atoms with Crippen molar-refractivity contribution in [1.29, 1.82) is 5.26 Å². The topological polar surface area (TPSA) is 125 Å². The molecular formula is C17H19N3O4S. The number of sulfonamides is 1. The minimum Gasteiger partial charge on any atom is -0.486 e. The van der Waals surface area contributed by atoms with E-state index in [0.29, 0.717) is 12.1 Å². The number of aliphatic hydroxyl groups is 1. The maximum Gasteiger partial charge on any atom is 0.262 e. The van der Waals surface area contributed by atoms with E-state index in [-0.39, 0.29) is 28.5 Å². The maximum atomic E-state index is 12.6. The molecule has 7 nitrogen and oxygen atoms in total. The minimum absolute atomic E-state index is 0.0471. The van der Waals surface area contributed by atoms with Gasteiger partial charge in [-0.2, -0.15) is 5.26 Å². The van der Waals surface area contributed by atoms with E-state index in [1.54, 1.807) is 6.07 Å². The van der Waals surface area contributed by atoms with Crippen LogP contribution >= 0.6 is 0 Å². The fourth-order valence-electron chi connectivity index (χ4n) is 2.10. The van der Waals surface area contributed by atoms with E-state index >= 15 is 0 Å². The highest BCUT2D eigenvalue weighted by molar-refractivity contribution is 7.92. The second-order valence-electron chi connectivity index (χ2n) is 5.33. The predicted octanol–water partition coefficient (Wildman–Crippen LogP) is 2.09. The van der Waals surface area contributed by atoms with Crippen molar-refractivity contribution in [2.75, 3.05) is 17.1 Å². The molecule has 1 unspecified atom stereocenters. The van der Waals surface area contributed by atoms with Gasteiger partial charge in [-0.15, -0.1) is 0 Å². The lowest BCUT2D eigenvalue weighted by Crippen LogP contribution is -2.21. The number of hydrogen-bond donors (Lipinski definition) is 3. The first kappa shape index (κ1) is 18.6. The van der Waals surface area contributed by atoms with Crippen LogP contribution in [0.3, 0.4) is 0 Å². The van der Waals surface area contributed by atoms with Gasteiger partial charge in [0.15, 0.2) is 0 Å². The van der Waals surface area contributed by atoms with E-state index in [1.165, 1.54) is 36.4 Å². The lowest BCUT2D eigenvalue weighted by atomic mass is 10.2. The van der Waals surface area contributed by atoms with Crippen molar-refractivity contribution in [3.8, 4) is 11.8 Å². The van der Waals surface area contributed by atoms with E-state index in [9.17, 15) is 13.5 Å². The van der Waals surface area contributed by atoms with Gasteiger partial charge in [0.1, 0.15) is 11.9 Å². The van der Waals surface area contributed by atoms with Gasteiger partial charge in [0.2, 0.25) is 0 Å². The molecule has 2 aromatic rings. The maximum absolute atomic E-state index is 12.6. The van der Waals surface area contributed by atoms with Gasteiger partial charge >= 0.3 is 0 Å². The number of aliphatic hydroxyl groups excluding tert-OH is 1. The van der Waals surface area contributed by atoms with Crippen LogP contribution in [0.1, 0.15) is 18.9 Å². The Kier molecular flexibility index (Phi) is 5.85. The Morgan fingerprint density at radius 2 is 2.08 bits per heavy atom. The fraction of sp³-hybridized carbons (Fsp3) is 0.235. The van der Waals surface area contributed by atoms with Gasteiger partial charge in [0.05, 0.1) is 28.8 Å². The number of nitrogens with two attached hydrogens (primary N) is 1. The third-order valence-electron chi connectivity index (χ3n) is 3.47. The quantitative estimate of drug-likeness (QED) is 0.648. The van der Waals surface area contributed by atoms with Crippen molar-refractivity contribution in [1.82, 2.24) is 0 Å². The first-order valence-corrected chi connectivity index (χ1v) is 9.08. The van der Waals surface area contributed by atoms with Crippen molar-refractivity contribution < 1.29 is 18.3 Å². The summed E-state index contributed by atoms with van der Waals surface area (Å²) < 4.78 is 33.2. The summed E-state index contributed by atoms with van der Waals surface area (Å²) in [6.45, 7) is 1.65. The average molecular weight is 361 g/mol. The lowest BCUT2D eigenvalue weighted by molar-refractivity contribution is 0.113. The molecule has 0 heterocycles. The molecule has 2 aromatic carbocycles. The number of nitrogens with one attached hydrogen (secondary N) is 1. The molecule has 0 aliphatic rings. The largest absolute Gasteiger partial charge is 0.486 e. The van der Waals surface area contributed by atoms with Gasteiger partial charge in [0.25, 0.3) is 10.0 Å². The van der Waals surface area contributed by atoms with E-state index in [1.807, 2.05) is 13.0 Å². The Morgan fingerprint density at radius 3 is 2.72 bits per heavy atom. The minimum atomic E-state index is -3.93. The lowest BCUT2D eigenvalue weighted by Gasteiger charge is -2.19. The molecular weight excluding hydrogens is 342 g/mol. The normalized spacial score (nSPS) is 12.2. The fourth-order valence-corrected chi connectivity index (χ4v) is 3.20. The average Bonchev–Trinajstić information content (AvgIpc) is 2.61. The second kappa shape index (κ2) is 7.88. The summed E-state index contributed by atoms with van der Waals surface area (Å²) in [6, 6.07) is 12.1. The molecule has 0 aliphatic heterocycles. The third kappa shape index (κ3) is 4.62. The number of nitrogen functional groups attached to an aromatic ring is 1. The van der Waals surface area contributed by atoms with Crippen LogP contribution in [0.5, 0.6) is 5.75 Å². The van der Waals surface area contributed by atoms with Crippen molar-refractivity contribution in [2.24, 2.45) is 0 Å². The molecule has 25 heavy (non-hydrogen) atoms. The van der Waals surface area contributed by atoms with Crippen LogP contribution in [-0.4, -0.2) is 26.2 Å². The number of ether oxygens (including phenoxy) is 1. The molecule has 0 spiro atoms. The Labute approximate surface area is 146 Å². The van der Waals surface area contributed by atoms with E-state index in [4.69, 9.17) is 15.7 Å². The van der Waals surface area contributed by atoms with Gasteiger partial charge in [-0.05, 0) is 42.8 Å². The monoisotopic (exact) mass is 361 g/mol. The molecule has 0 bridgehead atoms. The van der Waals surface area contributed by atoms with Crippen LogP contribution in [0.4, 0.5) is 11.4 Å². The summed E-state index contributed by atoms with van der Waals surface area (Å²) in [5.41, 5.74) is 6.49. The standard InChI is InChI=1S/C17H19N3O4S/c1-2-14(11-21)24-17-7-6-13(19)9-16(17)20-25(22,23)15-5-3-4-12(8-15)10-18/h3-9,14,20-21H,2,11,19H2,1H3. The molecule has 0 radical (unpaired) electrons. The number of benzene rings is 2. The van der Waals surface area contributed by atoms with Gasteiger partial charge in [-0.25, -0.2) is 8.42 Å². The Bertz CT molecular complexity index is 887. The molecule has 132 valence electrons. The van der Waals surface area contributed by atoms with Crippen LogP contribution in [-0.2, 0) is 10.0 Å². The zero-order chi connectivity index (χ0) is 18.4. The van der Waals surface area contributed by atoms with Crippen LogP contribution in [0, 0.1) is 11.3 Å². The highest BCUT2D eigenvalue weighted by Gasteiger charge is 2.19. The third-order valence-corrected chi connectivity index (χ3v) is 4.84. The van der Waals surface area contributed by atoms with Crippen LogP contribution in [0.2, 0.25) is 0 Å². The van der Waals surface area contributed by atoms with Crippen molar-refractivity contribution >= 4 is 21.4 Å². The predicted molar refractivity (Wildman–Crippen MR) is 94.6 cm³/mol. The number of anilines is 2. The molecule has 0 saturated carbocycles. The van der Waals surface area contributed by atoms with Crippen molar-refractivity contribution in [3.05, 3.63) is 48.0 Å². The number of hydrogen-bond acceptors (Lipinski definition) is 6. The van der Waals surface area contributed by atoms with Gasteiger partial charge in [-0.3, -0.25) is 4.72 Å².